The predicted molar refractivity (Wildman–Crippen MR) is 103 cm³/mol. The van der Waals surface area contributed by atoms with Crippen molar-refractivity contribution in [2.45, 2.75) is 64.5 Å². The summed E-state index contributed by atoms with van der Waals surface area (Å²) in [6.45, 7) is 4.48. The zero-order chi connectivity index (χ0) is 18.4. The molecule has 2 fully saturated rings. The van der Waals surface area contributed by atoms with Crippen LogP contribution in [0.2, 0.25) is 0 Å². The number of urea groups is 1. The number of piperidine rings is 1. The van der Waals surface area contributed by atoms with Gasteiger partial charge in [-0.15, -0.1) is 0 Å². The minimum atomic E-state index is -0.0991. The summed E-state index contributed by atoms with van der Waals surface area (Å²) < 4.78 is 0. The number of rotatable bonds is 4. The molecule has 3 amide bonds. The van der Waals surface area contributed by atoms with Gasteiger partial charge >= 0.3 is 6.03 Å². The maximum Gasteiger partial charge on any atom is 0.315 e. The summed E-state index contributed by atoms with van der Waals surface area (Å²) in [5.41, 5.74) is 1.74. The maximum atomic E-state index is 12.5. The fourth-order valence-corrected chi connectivity index (χ4v) is 3.87. The molecule has 1 heterocycles. The van der Waals surface area contributed by atoms with E-state index < -0.39 is 0 Å². The van der Waals surface area contributed by atoms with Crippen LogP contribution in [0.15, 0.2) is 24.3 Å². The average Bonchev–Trinajstić information content (AvgIpc) is 2.69. The van der Waals surface area contributed by atoms with Crippen LogP contribution in [0.3, 0.4) is 0 Å². The summed E-state index contributed by atoms with van der Waals surface area (Å²) in [4.78, 5) is 26.5. The van der Waals surface area contributed by atoms with Crippen LogP contribution in [-0.4, -0.2) is 36.0 Å². The number of nitrogens with one attached hydrogen (secondary N) is 2. The molecule has 1 aliphatic heterocycles. The van der Waals surface area contributed by atoms with Gasteiger partial charge in [-0.2, -0.15) is 0 Å². The Labute approximate surface area is 156 Å². The SMILES string of the molecule is CC1CCC(NC(=O)NCc2ccc(C(=O)N3CCCCC3)cc2)CC1. The Hall–Kier alpha value is -2.04. The van der Waals surface area contributed by atoms with E-state index >= 15 is 0 Å². The van der Waals surface area contributed by atoms with Gasteiger partial charge in [0.25, 0.3) is 5.91 Å². The number of likely N-dealkylation sites (tertiary alicyclic amines) is 1. The number of carbonyl (C=O) groups is 2. The molecule has 5 nitrogen and oxygen atoms in total. The third kappa shape index (κ3) is 5.23. The van der Waals surface area contributed by atoms with E-state index in [-0.39, 0.29) is 11.9 Å². The van der Waals surface area contributed by atoms with E-state index in [2.05, 4.69) is 17.6 Å². The van der Waals surface area contributed by atoms with Crippen molar-refractivity contribution in [3.05, 3.63) is 35.4 Å². The molecule has 1 aromatic rings. The van der Waals surface area contributed by atoms with E-state index in [0.717, 1.165) is 55.8 Å². The molecule has 5 heteroatoms. The van der Waals surface area contributed by atoms with E-state index in [9.17, 15) is 9.59 Å². The van der Waals surface area contributed by atoms with Gasteiger partial charge in [0.2, 0.25) is 0 Å². The van der Waals surface area contributed by atoms with Crippen LogP contribution in [0.1, 0.15) is 67.8 Å². The fraction of sp³-hybridized carbons (Fsp3) is 0.619. The summed E-state index contributed by atoms with van der Waals surface area (Å²) in [6.07, 6.45) is 7.94. The van der Waals surface area contributed by atoms with Crippen molar-refractivity contribution >= 4 is 11.9 Å². The predicted octanol–water partition coefficient (Wildman–Crippen LogP) is 3.69. The number of amides is 3. The number of benzene rings is 1. The highest BCUT2D eigenvalue weighted by Gasteiger charge is 2.20. The smallest absolute Gasteiger partial charge is 0.315 e. The van der Waals surface area contributed by atoms with Crippen LogP contribution >= 0.6 is 0 Å². The molecule has 0 radical (unpaired) electrons. The zero-order valence-corrected chi connectivity index (χ0v) is 15.8. The Morgan fingerprint density at radius 3 is 2.31 bits per heavy atom. The van der Waals surface area contributed by atoms with Crippen molar-refractivity contribution in [2.24, 2.45) is 5.92 Å². The van der Waals surface area contributed by atoms with Gasteiger partial charge in [-0.25, -0.2) is 4.79 Å². The van der Waals surface area contributed by atoms with Crippen molar-refractivity contribution in [2.75, 3.05) is 13.1 Å². The van der Waals surface area contributed by atoms with Crippen LogP contribution < -0.4 is 10.6 Å². The number of nitrogens with zero attached hydrogens (tertiary/aromatic N) is 1. The molecule has 0 spiro atoms. The van der Waals surface area contributed by atoms with Crippen molar-refractivity contribution in [1.29, 1.82) is 0 Å². The summed E-state index contributed by atoms with van der Waals surface area (Å²) in [5, 5.41) is 6.00. The summed E-state index contributed by atoms with van der Waals surface area (Å²) >= 11 is 0. The van der Waals surface area contributed by atoms with Gasteiger partial charge in [-0.3, -0.25) is 4.79 Å². The van der Waals surface area contributed by atoms with Crippen molar-refractivity contribution < 1.29 is 9.59 Å². The Balaban J connectivity index is 1.43. The lowest BCUT2D eigenvalue weighted by atomic mass is 9.87. The lowest BCUT2D eigenvalue weighted by Crippen LogP contribution is -2.43. The summed E-state index contributed by atoms with van der Waals surface area (Å²) in [6, 6.07) is 7.80. The van der Waals surface area contributed by atoms with Crippen LogP contribution in [0, 0.1) is 5.92 Å². The summed E-state index contributed by atoms with van der Waals surface area (Å²) in [5.74, 6) is 0.899. The number of hydrogen-bond donors (Lipinski definition) is 2. The van der Waals surface area contributed by atoms with E-state index in [4.69, 9.17) is 0 Å². The Bertz CT molecular complexity index is 600. The fourth-order valence-electron chi connectivity index (χ4n) is 3.87. The molecule has 3 rings (SSSR count). The molecular weight excluding hydrogens is 326 g/mol. The Morgan fingerprint density at radius 2 is 1.65 bits per heavy atom. The average molecular weight is 357 g/mol. The first-order valence-corrected chi connectivity index (χ1v) is 10.0. The van der Waals surface area contributed by atoms with E-state index in [1.54, 1.807) is 0 Å². The second-order valence-electron chi connectivity index (χ2n) is 7.83. The van der Waals surface area contributed by atoms with Crippen LogP contribution in [0.25, 0.3) is 0 Å². The molecule has 0 bridgehead atoms. The van der Waals surface area contributed by atoms with E-state index in [0.29, 0.717) is 12.6 Å². The minimum Gasteiger partial charge on any atom is -0.339 e. The Morgan fingerprint density at radius 1 is 1.00 bits per heavy atom. The van der Waals surface area contributed by atoms with Gasteiger partial charge in [0.05, 0.1) is 0 Å². The van der Waals surface area contributed by atoms with E-state index in [1.165, 1.54) is 19.3 Å². The third-order valence-corrected chi connectivity index (χ3v) is 5.65. The molecule has 0 atom stereocenters. The maximum absolute atomic E-state index is 12.5. The minimum absolute atomic E-state index is 0.0991. The topological polar surface area (TPSA) is 61.4 Å². The number of hydrogen-bond acceptors (Lipinski definition) is 2. The van der Waals surface area contributed by atoms with Gasteiger partial charge in [-0.05, 0) is 68.6 Å². The van der Waals surface area contributed by atoms with Gasteiger partial charge in [0.15, 0.2) is 0 Å². The van der Waals surface area contributed by atoms with Crippen molar-refractivity contribution in [3.63, 3.8) is 0 Å². The van der Waals surface area contributed by atoms with Gasteiger partial charge in [0, 0.05) is 31.2 Å². The highest BCUT2D eigenvalue weighted by molar-refractivity contribution is 5.94. The second-order valence-corrected chi connectivity index (χ2v) is 7.83. The molecule has 2 aliphatic rings. The van der Waals surface area contributed by atoms with Crippen LogP contribution in [0.5, 0.6) is 0 Å². The van der Waals surface area contributed by atoms with E-state index in [1.807, 2.05) is 29.2 Å². The molecule has 1 aliphatic carbocycles. The van der Waals surface area contributed by atoms with Crippen molar-refractivity contribution in [3.8, 4) is 0 Å². The number of carbonyl (C=O) groups excluding carboxylic acids is 2. The van der Waals surface area contributed by atoms with Gasteiger partial charge in [0.1, 0.15) is 0 Å². The lowest BCUT2D eigenvalue weighted by molar-refractivity contribution is 0.0724. The highest BCUT2D eigenvalue weighted by atomic mass is 16.2. The van der Waals surface area contributed by atoms with Gasteiger partial charge in [-0.1, -0.05) is 19.1 Å². The first-order valence-electron chi connectivity index (χ1n) is 10.0. The first-order chi connectivity index (χ1) is 12.6. The molecule has 142 valence electrons. The molecule has 1 saturated heterocycles. The molecule has 26 heavy (non-hydrogen) atoms. The first kappa shape index (κ1) is 18.7. The normalized spacial score (nSPS) is 23.3. The monoisotopic (exact) mass is 357 g/mol. The third-order valence-electron chi connectivity index (χ3n) is 5.65. The second kappa shape index (κ2) is 9.06. The Kier molecular flexibility index (Phi) is 6.53. The lowest BCUT2D eigenvalue weighted by Gasteiger charge is -2.27. The molecule has 1 aromatic carbocycles. The molecular formula is C21H31N3O2. The highest BCUT2D eigenvalue weighted by Crippen LogP contribution is 2.23. The standard InChI is InChI=1S/C21H31N3O2/c1-16-5-11-19(12-6-16)23-21(26)22-15-17-7-9-18(10-8-17)20(25)24-13-3-2-4-14-24/h7-10,16,19H,2-6,11-15H2,1H3,(H2,22,23,26). The summed E-state index contributed by atoms with van der Waals surface area (Å²) in [7, 11) is 0. The largest absolute Gasteiger partial charge is 0.339 e. The molecule has 0 aromatic heterocycles. The molecule has 2 N–H and O–H groups in total. The molecule has 1 saturated carbocycles. The van der Waals surface area contributed by atoms with Crippen LogP contribution in [0.4, 0.5) is 4.79 Å². The zero-order valence-electron chi connectivity index (χ0n) is 15.8. The quantitative estimate of drug-likeness (QED) is 0.863. The van der Waals surface area contributed by atoms with Crippen LogP contribution in [-0.2, 0) is 6.54 Å². The molecule has 0 unspecified atom stereocenters. The van der Waals surface area contributed by atoms with Gasteiger partial charge < -0.3 is 15.5 Å². The van der Waals surface area contributed by atoms with Crippen molar-refractivity contribution in [1.82, 2.24) is 15.5 Å².